The topological polar surface area (TPSA) is 101 Å². The van der Waals surface area contributed by atoms with Gasteiger partial charge in [0.1, 0.15) is 10.7 Å². The van der Waals surface area contributed by atoms with Crippen LogP contribution in [-0.4, -0.2) is 29.3 Å². The van der Waals surface area contributed by atoms with Crippen LogP contribution < -0.4 is 4.72 Å². The third-order valence-electron chi connectivity index (χ3n) is 5.93. The molecule has 0 saturated carbocycles. The molecule has 0 aliphatic carbocycles. The Labute approximate surface area is 206 Å². The number of carboxylic acid groups (broad SMARTS) is 1. The van der Waals surface area contributed by atoms with Gasteiger partial charge in [-0.3, -0.25) is 4.72 Å². The highest BCUT2D eigenvalue weighted by atomic mass is 32.2. The number of hydrogen-bond acceptors (Lipinski definition) is 4. The molecule has 0 radical (unpaired) electrons. The lowest BCUT2D eigenvalue weighted by atomic mass is 9.95. The number of rotatable bonds is 6. The summed E-state index contributed by atoms with van der Waals surface area (Å²) < 4.78 is 45.6. The van der Waals surface area contributed by atoms with Gasteiger partial charge in [0.25, 0.3) is 10.0 Å². The summed E-state index contributed by atoms with van der Waals surface area (Å²) in [5, 5.41) is 14.7. The molecule has 7 nitrogen and oxygen atoms in total. The average molecular weight is 502 g/mol. The minimum absolute atomic E-state index is 0.0275. The fourth-order valence-electron chi connectivity index (χ4n) is 4.18. The molecule has 2 N–H and O–H groups in total. The maximum Gasteiger partial charge on any atom is 0.335 e. The van der Waals surface area contributed by atoms with Crippen LogP contribution in [-0.2, 0) is 10.0 Å². The summed E-state index contributed by atoms with van der Waals surface area (Å²) >= 11 is 0. The Morgan fingerprint density at radius 2 is 1.61 bits per heavy atom. The number of nitrogens with zero attached hydrogens (tertiary/aromatic N) is 2. The summed E-state index contributed by atoms with van der Waals surface area (Å²) in [7, 11) is -4.01. The van der Waals surface area contributed by atoms with Crippen LogP contribution in [0.1, 0.15) is 16.1 Å². The van der Waals surface area contributed by atoms with E-state index < -0.39 is 21.8 Å². The van der Waals surface area contributed by atoms with Gasteiger partial charge in [-0.15, -0.1) is 0 Å². The lowest BCUT2D eigenvalue weighted by Gasteiger charge is -2.14. The Morgan fingerprint density at radius 1 is 0.917 bits per heavy atom. The fraction of sp³-hybridized carbons (Fsp3) is 0.0370. The van der Waals surface area contributed by atoms with Gasteiger partial charge in [0.05, 0.1) is 28.8 Å². The minimum Gasteiger partial charge on any atom is -0.478 e. The van der Waals surface area contributed by atoms with Crippen molar-refractivity contribution in [1.82, 2.24) is 9.78 Å². The normalized spacial score (nSPS) is 11.5. The van der Waals surface area contributed by atoms with E-state index in [2.05, 4.69) is 9.82 Å². The molecule has 9 heteroatoms. The molecule has 36 heavy (non-hydrogen) atoms. The predicted octanol–water partition coefficient (Wildman–Crippen LogP) is 5.64. The molecule has 4 aromatic carbocycles. The average Bonchev–Trinajstić information content (AvgIpc) is 3.27. The zero-order chi connectivity index (χ0) is 25.4. The zero-order valence-corrected chi connectivity index (χ0v) is 19.8. The van der Waals surface area contributed by atoms with Crippen molar-refractivity contribution in [2.24, 2.45) is 0 Å². The molecule has 0 aliphatic rings. The number of aromatic carboxylic acids is 1. The Hall–Kier alpha value is -4.50. The lowest BCUT2D eigenvalue weighted by Crippen LogP contribution is -2.14. The molecule has 180 valence electrons. The van der Waals surface area contributed by atoms with E-state index >= 15 is 0 Å². The van der Waals surface area contributed by atoms with Gasteiger partial charge in [0, 0.05) is 10.9 Å². The molecular weight excluding hydrogens is 481 g/mol. The van der Waals surface area contributed by atoms with Gasteiger partial charge in [-0.2, -0.15) is 5.10 Å². The van der Waals surface area contributed by atoms with Gasteiger partial charge in [-0.25, -0.2) is 22.3 Å². The number of benzene rings is 4. The largest absolute Gasteiger partial charge is 0.478 e. The maximum atomic E-state index is 14.7. The van der Waals surface area contributed by atoms with E-state index in [-0.39, 0.29) is 16.0 Å². The first-order chi connectivity index (χ1) is 17.3. The number of aromatic nitrogens is 2. The summed E-state index contributed by atoms with van der Waals surface area (Å²) in [6.07, 6.45) is 1.30. The van der Waals surface area contributed by atoms with Crippen molar-refractivity contribution in [3.05, 3.63) is 108 Å². The van der Waals surface area contributed by atoms with Crippen LogP contribution in [0.5, 0.6) is 0 Å². The van der Waals surface area contributed by atoms with E-state index in [0.717, 1.165) is 11.8 Å². The number of carboxylic acids is 1. The highest BCUT2D eigenvalue weighted by Gasteiger charge is 2.23. The van der Waals surface area contributed by atoms with Crippen LogP contribution >= 0.6 is 0 Å². The first kappa shape index (κ1) is 23.3. The van der Waals surface area contributed by atoms with Crippen LogP contribution in [0.25, 0.3) is 27.6 Å². The molecular formula is C27H20FN3O4S. The monoisotopic (exact) mass is 501 g/mol. The summed E-state index contributed by atoms with van der Waals surface area (Å²) in [5.41, 5.74) is 1.99. The number of para-hydroxylation sites is 1. The molecule has 5 rings (SSSR count). The van der Waals surface area contributed by atoms with E-state index in [4.69, 9.17) is 0 Å². The molecule has 0 spiro atoms. The third-order valence-corrected chi connectivity index (χ3v) is 7.40. The number of anilines is 1. The molecule has 0 aliphatic heterocycles. The summed E-state index contributed by atoms with van der Waals surface area (Å²) in [4.78, 5) is 11.4. The fourth-order valence-corrected chi connectivity index (χ4v) is 5.41. The van der Waals surface area contributed by atoms with Crippen LogP contribution in [0.4, 0.5) is 10.1 Å². The van der Waals surface area contributed by atoms with Gasteiger partial charge >= 0.3 is 5.97 Å². The van der Waals surface area contributed by atoms with Gasteiger partial charge in [-0.1, -0.05) is 48.5 Å². The number of hydrogen-bond donors (Lipinski definition) is 2. The SMILES string of the molecule is Cc1c(S(=O)(=O)Nc2ccc(-c3cc(C(=O)O)ccc3F)c3ccccc23)cnn1-c1ccccc1. The summed E-state index contributed by atoms with van der Waals surface area (Å²) in [6.45, 7) is 1.67. The van der Waals surface area contributed by atoms with Gasteiger partial charge < -0.3 is 5.11 Å². The van der Waals surface area contributed by atoms with Crippen molar-refractivity contribution in [1.29, 1.82) is 0 Å². The second-order valence-corrected chi connectivity index (χ2v) is 9.80. The third kappa shape index (κ3) is 4.09. The lowest BCUT2D eigenvalue weighted by molar-refractivity contribution is 0.0697. The summed E-state index contributed by atoms with van der Waals surface area (Å²) in [6, 6.07) is 22.8. The molecule has 0 atom stereocenters. The number of halogens is 1. The van der Waals surface area contributed by atoms with Crippen molar-refractivity contribution >= 4 is 32.5 Å². The molecule has 0 fully saturated rings. The quantitative estimate of drug-likeness (QED) is 0.314. The van der Waals surface area contributed by atoms with Crippen molar-refractivity contribution in [2.45, 2.75) is 11.8 Å². The highest BCUT2D eigenvalue weighted by molar-refractivity contribution is 7.92. The highest BCUT2D eigenvalue weighted by Crippen LogP contribution is 2.36. The number of nitrogens with one attached hydrogen (secondary N) is 1. The Morgan fingerprint density at radius 3 is 2.33 bits per heavy atom. The van der Waals surface area contributed by atoms with Crippen LogP contribution in [0.2, 0.25) is 0 Å². The van der Waals surface area contributed by atoms with Crippen LogP contribution in [0.15, 0.2) is 96.0 Å². The summed E-state index contributed by atoms with van der Waals surface area (Å²) in [5.74, 6) is -1.75. The van der Waals surface area contributed by atoms with Crippen molar-refractivity contribution < 1.29 is 22.7 Å². The van der Waals surface area contributed by atoms with E-state index in [1.807, 2.05) is 30.3 Å². The first-order valence-electron chi connectivity index (χ1n) is 10.9. The van der Waals surface area contributed by atoms with Crippen LogP contribution in [0, 0.1) is 12.7 Å². The second-order valence-electron chi connectivity index (χ2n) is 8.15. The number of fused-ring (bicyclic) bond motifs is 1. The first-order valence-corrected chi connectivity index (χ1v) is 12.4. The molecule has 0 saturated heterocycles. The zero-order valence-electron chi connectivity index (χ0n) is 19.0. The predicted molar refractivity (Wildman–Crippen MR) is 135 cm³/mol. The Kier molecular flexibility index (Phi) is 5.77. The molecule has 5 aromatic rings. The smallest absolute Gasteiger partial charge is 0.335 e. The standard InChI is InChI=1S/C27H20FN3O4S/c1-17-26(16-29-31(17)19-7-3-2-4-8-19)36(34,35)30-25-14-12-21(20-9-5-6-10-22(20)25)23-15-18(27(32)33)11-13-24(23)28/h2-16,30H,1H3,(H,32,33). The Balaban J connectivity index is 1.58. The molecule has 1 heterocycles. The maximum absolute atomic E-state index is 14.7. The minimum atomic E-state index is -4.01. The van der Waals surface area contributed by atoms with Gasteiger partial charge in [0.2, 0.25) is 0 Å². The van der Waals surface area contributed by atoms with Gasteiger partial charge in [0.15, 0.2) is 0 Å². The van der Waals surface area contributed by atoms with E-state index in [1.165, 1.54) is 18.3 Å². The van der Waals surface area contributed by atoms with Crippen molar-refractivity contribution in [3.63, 3.8) is 0 Å². The van der Waals surface area contributed by atoms with Crippen molar-refractivity contribution in [3.8, 4) is 16.8 Å². The van der Waals surface area contributed by atoms with E-state index in [9.17, 15) is 22.7 Å². The van der Waals surface area contributed by atoms with E-state index in [0.29, 0.717) is 27.7 Å². The van der Waals surface area contributed by atoms with E-state index in [1.54, 1.807) is 48.0 Å². The van der Waals surface area contributed by atoms with Gasteiger partial charge in [-0.05, 0) is 54.3 Å². The van der Waals surface area contributed by atoms with Crippen molar-refractivity contribution in [2.75, 3.05) is 4.72 Å². The Bertz CT molecular complexity index is 1730. The molecule has 0 amide bonds. The second kappa shape index (κ2) is 8.94. The molecule has 0 bridgehead atoms. The molecule has 1 aromatic heterocycles. The molecule has 0 unspecified atom stereocenters. The number of carbonyl (C=O) groups is 1. The van der Waals surface area contributed by atoms with Crippen LogP contribution in [0.3, 0.4) is 0 Å². The number of sulfonamides is 1.